The highest BCUT2D eigenvalue weighted by molar-refractivity contribution is 6.31. The van der Waals surface area contributed by atoms with Gasteiger partial charge in [0.2, 0.25) is 0 Å². The fraction of sp³-hybridized carbons (Fsp3) is 0.667. The van der Waals surface area contributed by atoms with Crippen molar-refractivity contribution in [3.05, 3.63) is 34.6 Å². The van der Waals surface area contributed by atoms with Crippen molar-refractivity contribution in [3.8, 4) is 0 Å². The second-order valence-electron chi connectivity index (χ2n) is 5.84. The smallest absolute Gasteiger partial charge is 0.123 e. The summed E-state index contributed by atoms with van der Waals surface area (Å²) in [6, 6.07) is 5.05. The van der Waals surface area contributed by atoms with Gasteiger partial charge in [-0.1, -0.05) is 45.2 Å². The molecule has 1 atom stereocenters. The highest BCUT2D eigenvalue weighted by Gasteiger charge is 2.21. The molecule has 0 spiro atoms. The molecule has 1 rings (SSSR count). The van der Waals surface area contributed by atoms with Crippen LogP contribution in [-0.4, -0.2) is 12.6 Å². The normalized spacial score (nSPS) is 12.9. The fourth-order valence-corrected chi connectivity index (χ4v) is 3.15. The van der Waals surface area contributed by atoms with E-state index in [4.69, 9.17) is 11.6 Å². The average Bonchev–Trinajstić information content (AvgIpc) is 2.47. The van der Waals surface area contributed by atoms with Gasteiger partial charge in [0.25, 0.3) is 0 Å². The number of halogens is 2. The maximum Gasteiger partial charge on any atom is 0.123 e. The van der Waals surface area contributed by atoms with Crippen LogP contribution in [-0.2, 0) is 6.42 Å². The van der Waals surface area contributed by atoms with E-state index >= 15 is 0 Å². The first-order valence-corrected chi connectivity index (χ1v) is 8.67. The summed E-state index contributed by atoms with van der Waals surface area (Å²) < 4.78 is 13.5. The molecule has 1 unspecified atom stereocenters. The Morgan fingerprint density at radius 1 is 1.10 bits per heavy atom. The van der Waals surface area contributed by atoms with E-state index in [9.17, 15) is 4.39 Å². The molecule has 0 aromatic heterocycles. The minimum absolute atomic E-state index is 0.203. The molecular formula is C18H29ClFN. The number of nitrogens with one attached hydrogen (secondary N) is 1. The first-order chi connectivity index (χ1) is 10.1. The van der Waals surface area contributed by atoms with Gasteiger partial charge in [-0.3, -0.25) is 0 Å². The summed E-state index contributed by atoms with van der Waals surface area (Å²) in [4.78, 5) is 0. The van der Waals surface area contributed by atoms with Crippen molar-refractivity contribution in [1.29, 1.82) is 0 Å². The van der Waals surface area contributed by atoms with Crippen LogP contribution in [0.4, 0.5) is 4.39 Å². The maximum absolute atomic E-state index is 13.5. The topological polar surface area (TPSA) is 12.0 Å². The predicted octanol–water partition coefficient (Wildman–Crippen LogP) is 5.61. The van der Waals surface area contributed by atoms with Crippen LogP contribution in [0.5, 0.6) is 0 Å². The van der Waals surface area contributed by atoms with Crippen molar-refractivity contribution in [1.82, 2.24) is 5.32 Å². The van der Waals surface area contributed by atoms with E-state index in [2.05, 4.69) is 26.1 Å². The Labute approximate surface area is 134 Å². The molecule has 1 aromatic rings. The zero-order chi connectivity index (χ0) is 15.7. The van der Waals surface area contributed by atoms with Crippen LogP contribution in [0.1, 0.15) is 58.4 Å². The molecule has 1 N–H and O–H groups in total. The Hall–Kier alpha value is -0.600. The summed E-state index contributed by atoms with van der Waals surface area (Å²) in [6.45, 7) is 7.64. The van der Waals surface area contributed by atoms with Crippen LogP contribution < -0.4 is 5.32 Å². The lowest BCUT2D eigenvalue weighted by Crippen LogP contribution is -2.38. The lowest BCUT2D eigenvalue weighted by Gasteiger charge is -2.28. The van der Waals surface area contributed by atoms with E-state index < -0.39 is 0 Å². The van der Waals surface area contributed by atoms with Crippen LogP contribution in [0.2, 0.25) is 5.02 Å². The van der Waals surface area contributed by atoms with Crippen LogP contribution >= 0.6 is 11.6 Å². The van der Waals surface area contributed by atoms with Crippen molar-refractivity contribution in [2.24, 2.45) is 5.92 Å². The molecule has 0 amide bonds. The Morgan fingerprint density at radius 3 is 2.33 bits per heavy atom. The Balaban J connectivity index is 2.86. The zero-order valence-electron chi connectivity index (χ0n) is 13.6. The minimum Gasteiger partial charge on any atom is -0.313 e. The van der Waals surface area contributed by atoms with Crippen molar-refractivity contribution < 1.29 is 4.39 Å². The Morgan fingerprint density at radius 2 is 1.76 bits per heavy atom. The minimum atomic E-state index is -0.203. The van der Waals surface area contributed by atoms with Crippen LogP contribution in [0.25, 0.3) is 0 Å². The molecule has 0 heterocycles. The van der Waals surface area contributed by atoms with Crippen LogP contribution in [0, 0.1) is 11.7 Å². The van der Waals surface area contributed by atoms with Crippen molar-refractivity contribution in [2.45, 2.75) is 65.3 Å². The summed E-state index contributed by atoms with van der Waals surface area (Å²) in [7, 11) is 0. The lowest BCUT2D eigenvalue weighted by atomic mass is 9.86. The van der Waals surface area contributed by atoms with E-state index in [1.807, 2.05) is 0 Å². The maximum atomic E-state index is 13.5. The summed E-state index contributed by atoms with van der Waals surface area (Å²) in [6.07, 6.45) is 6.71. The lowest BCUT2D eigenvalue weighted by molar-refractivity contribution is 0.308. The zero-order valence-corrected chi connectivity index (χ0v) is 14.3. The van der Waals surface area contributed by atoms with Gasteiger partial charge in [-0.25, -0.2) is 4.39 Å². The van der Waals surface area contributed by atoms with Gasteiger partial charge in [0.1, 0.15) is 5.82 Å². The summed E-state index contributed by atoms with van der Waals surface area (Å²) in [5, 5.41) is 4.33. The second kappa shape index (κ2) is 10.2. The van der Waals surface area contributed by atoms with Gasteiger partial charge in [0.15, 0.2) is 0 Å². The molecule has 0 saturated carbocycles. The Bertz CT molecular complexity index is 402. The van der Waals surface area contributed by atoms with Crippen LogP contribution in [0.3, 0.4) is 0 Å². The summed E-state index contributed by atoms with van der Waals surface area (Å²) in [5.74, 6) is 0.428. The predicted molar refractivity (Wildman–Crippen MR) is 90.5 cm³/mol. The van der Waals surface area contributed by atoms with E-state index in [0.29, 0.717) is 17.0 Å². The molecule has 0 bridgehead atoms. The second-order valence-corrected chi connectivity index (χ2v) is 6.25. The van der Waals surface area contributed by atoms with Crippen LogP contribution in [0.15, 0.2) is 18.2 Å². The molecule has 1 nitrogen and oxygen atoms in total. The number of rotatable bonds is 10. The first-order valence-electron chi connectivity index (χ1n) is 8.29. The standard InChI is InChI=1S/C18H29ClFN/c1-4-7-14(8-5-2)18(21-11-6-3)13-15-12-16(20)9-10-17(15)19/h9-10,12,14,18,21H,4-8,11,13H2,1-3H3. The Kier molecular flexibility index (Phi) is 8.94. The highest BCUT2D eigenvalue weighted by Crippen LogP contribution is 2.25. The largest absolute Gasteiger partial charge is 0.313 e. The van der Waals surface area contributed by atoms with Gasteiger partial charge in [-0.15, -0.1) is 0 Å². The van der Waals surface area contributed by atoms with Gasteiger partial charge in [0, 0.05) is 11.1 Å². The van der Waals surface area contributed by atoms with Gasteiger partial charge < -0.3 is 5.32 Å². The third-order valence-electron chi connectivity index (χ3n) is 3.99. The van der Waals surface area contributed by atoms with E-state index in [0.717, 1.165) is 24.9 Å². The summed E-state index contributed by atoms with van der Waals surface area (Å²) >= 11 is 6.24. The number of hydrogen-bond donors (Lipinski definition) is 1. The molecule has 1 aromatic carbocycles. The molecular weight excluding hydrogens is 285 g/mol. The molecule has 0 saturated heterocycles. The molecule has 120 valence electrons. The molecule has 0 radical (unpaired) electrons. The summed E-state index contributed by atoms with van der Waals surface area (Å²) in [5.41, 5.74) is 0.919. The molecule has 3 heteroatoms. The van der Waals surface area contributed by atoms with Crippen molar-refractivity contribution in [3.63, 3.8) is 0 Å². The van der Waals surface area contributed by atoms with Crippen molar-refractivity contribution >= 4 is 11.6 Å². The third kappa shape index (κ3) is 6.36. The van der Waals surface area contributed by atoms with E-state index in [1.54, 1.807) is 12.1 Å². The van der Waals surface area contributed by atoms with Crippen molar-refractivity contribution in [2.75, 3.05) is 6.54 Å². The van der Waals surface area contributed by atoms with Gasteiger partial charge in [-0.2, -0.15) is 0 Å². The highest BCUT2D eigenvalue weighted by atomic mass is 35.5. The first kappa shape index (κ1) is 18.4. The quantitative estimate of drug-likeness (QED) is 0.592. The molecule has 0 aliphatic heterocycles. The fourth-order valence-electron chi connectivity index (χ4n) is 2.96. The van der Waals surface area contributed by atoms with E-state index in [1.165, 1.54) is 31.7 Å². The molecule has 0 aliphatic rings. The average molecular weight is 314 g/mol. The molecule has 0 fully saturated rings. The van der Waals surface area contributed by atoms with E-state index in [-0.39, 0.29) is 5.82 Å². The molecule has 21 heavy (non-hydrogen) atoms. The third-order valence-corrected chi connectivity index (χ3v) is 4.36. The monoisotopic (exact) mass is 313 g/mol. The number of hydrogen-bond acceptors (Lipinski definition) is 1. The van der Waals surface area contributed by atoms with Gasteiger partial charge in [0.05, 0.1) is 0 Å². The molecule has 0 aliphatic carbocycles. The van der Waals surface area contributed by atoms with Gasteiger partial charge in [-0.05, 0) is 61.9 Å². The number of benzene rings is 1. The SMILES string of the molecule is CCCNC(Cc1cc(F)ccc1Cl)C(CCC)CCC. The van der Waals surface area contributed by atoms with Gasteiger partial charge >= 0.3 is 0 Å².